The van der Waals surface area contributed by atoms with Crippen LogP contribution in [0.15, 0.2) is 60.8 Å². The monoisotopic (exact) mass is 277 g/mol. The number of hydrogen-bond acceptors (Lipinski definition) is 2. The molecule has 4 heteroatoms. The van der Waals surface area contributed by atoms with Crippen molar-refractivity contribution < 1.29 is 4.79 Å². The third kappa shape index (κ3) is 2.84. The van der Waals surface area contributed by atoms with Crippen LogP contribution in [-0.4, -0.2) is 11.0 Å². The molecule has 0 atom stereocenters. The molecule has 3 rings (SSSR count). The molecule has 0 radical (unpaired) electrons. The van der Waals surface area contributed by atoms with Gasteiger partial charge in [0.25, 0.3) is 0 Å². The highest BCUT2D eigenvalue weighted by molar-refractivity contribution is 6.05. The molecule has 21 heavy (non-hydrogen) atoms. The molecule has 1 aromatic heterocycles. The fourth-order valence-corrected chi connectivity index (χ4v) is 2.19. The van der Waals surface area contributed by atoms with Crippen molar-refractivity contribution in [3.05, 3.63) is 66.4 Å². The topological polar surface area (TPSA) is 54.0 Å². The van der Waals surface area contributed by atoms with E-state index in [2.05, 4.69) is 15.6 Å². The Kier molecular flexibility index (Phi) is 3.51. The van der Waals surface area contributed by atoms with Gasteiger partial charge in [0.2, 0.25) is 0 Å². The standard InChI is InChI=1S/C17H15N3O/c1-12-6-2-4-8-14(12)19-17(21)20-16-10-11-18-15-9-5-3-7-13(15)16/h2-11H,1H3,(H2,18,19,20,21). The van der Waals surface area contributed by atoms with Crippen LogP contribution in [0.3, 0.4) is 0 Å². The maximum atomic E-state index is 12.1. The van der Waals surface area contributed by atoms with Gasteiger partial charge in [-0.2, -0.15) is 0 Å². The summed E-state index contributed by atoms with van der Waals surface area (Å²) in [6, 6.07) is 16.9. The highest BCUT2D eigenvalue weighted by atomic mass is 16.2. The number of hydrogen-bond donors (Lipinski definition) is 2. The molecule has 2 amide bonds. The lowest BCUT2D eigenvalue weighted by atomic mass is 10.2. The normalized spacial score (nSPS) is 10.3. The van der Waals surface area contributed by atoms with Gasteiger partial charge in [-0.05, 0) is 30.7 Å². The molecule has 0 spiro atoms. The molecule has 1 heterocycles. The third-order valence-electron chi connectivity index (χ3n) is 3.29. The predicted octanol–water partition coefficient (Wildman–Crippen LogP) is 4.19. The first-order valence-electron chi connectivity index (χ1n) is 6.71. The summed E-state index contributed by atoms with van der Waals surface area (Å²) in [5, 5.41) is 6.64. The number of aryl methyl sites for hydroxylation is 1. The number of nitrogens with one attached hydrogen (secondary N) is 2. The first-order chi connectivity index (χ1) is 10.2. The number of pyridine rings is 1. The average Bonchev–Trinajstić information content (AvgIpc) is 2.50. The number of para-hydroxylation sites is 2. The Labute approximate surface area is 122 Å². The van der Waals surface area contributed by atoms with Crippen LogP contribution in [0.25, 0.3) is 10.9 Å². The summed E-state index contributed by atoms with van der Waals surface area (Å²) in [7, 11) is 0. The van der Waals surface area contributed by atoms with Crippen molar-refractivity contribution in [1.82, 2.24) is 4.98 Å². The van der Waals surface area contributed by atoms with E-state index in [1.165, 1.54) is 0 Å². The fourth-order valence-electron chi connectivity index (χ4n) is 2.19. The summed E-state index contributed by atoms with van der Waals surface area (Å²) < 4.78 is 0. The van der Waals surface area contributed by atoms with Gasteiger partial charge in [0, 0.05) is 17.3 Å². The Bertz CT molecular complexity index is 793. The zero-order valence-electron chi connectivity index (χ0n) is 11.6. The minimum Gasteiger partial charge on any atom is -0.307 e. The molecule has 0 aliphatic rings. The van der Waals surface area contributed by atoms with E-state index in [0.717, 1.165) is 27.8 Å². The average molecular weight is 277 g/mol. The second-order valence-electron chi connectivity index (χ2n) is 4.77. The number of nitrogens with zero attached hydrogens (tertiary/aromatic N) is 1. The van der Waals surface area contributed by atoms with Gasteiger partial charge in [0.1, 0.15) is 0 Å². The van der Waals surface area contributed by atoms with Gasteiger partial charge < -0.3 is 10.6 Å². The van der Waals surface area contributed by atoms with Crippen molar-refractivity contribution in [3.8, 4) is 0 Å². The molecule has 0 aliphatic heterocycles. The van der Waals surface area contributed by atoms with E-state index in [9.17, 15) is 4.79 Å². The van der Waals surface area contributed by atoms with E-state index >= 15 is 0 Å². The van der Waals surface area contributed by atoms with Crippen LogP contribution in [0.4, 0.5) is 16.2 Å². The smallest absolute Gasteiger partial charge is 0.307 e. The highest BCUT2D eigenvalue weighted by Crippen LogP contribution is 2.21. The Balaban J connectivity index is 1.82. The van der Waals surface area contributed by atoms with Crippen molar-refractivity contribution in [2.75, 3.05) is 10.6 Å². The second kappa shape index (κ2) is 5.63. The maximum Gasteiger partial charge on any atom is 0.323 e. The summed E-state index contributed by atoms with van der Waals surface area (Å²) in [4.78, 5) is 16.4. The SMILES string of the molecule is Cc1ccccc1NC(=O)Nc1ccnc2ccccc12. The summed E-state index contributed by atoms with van der Waals surface area (Å²) in [6.45, 7) is 1.96. The van der Waals surface area contributed by atoms with Crippen LogP contribution in [0.5, 0.6) is 0 Å². The molecule has 4 nitrogen and oxygen atoms in total. The van der Waals surface area contributed by atoms with Crippen molar-refractivity contribution in [3.63, 3.8) is 0 Å². The largest absolute Gasteiger partial charge is 0.323 e. The fraction of sp³-hybridized carbons (Fsp3) is 0.0588. The summed E-state index contributed by atoms with van der Waals surface area (Å²) in [6.07, 6.45) is 1.69. The van der Waals surface area contributed by atoms with Crippen LogP contribution in [-0.2, 0) is 0 Å². The van der Waals surface area contributed by atoms with Crippen molar-refractivity contribution in [2.45, 2.75) is 6.92 Å². The number of fused-ring (bicyclic) bond motifs is 1. The molecule has 0 unspecified atom stereocenters. The molecule has 2 N–H and O–H groups in total. The van der Waals surface area contributed by atoms with Crippen molar-refractivity contribution >= 4 is 28.3 Å². The minimum atomic E-state index is -0.263. The van der Waals surface area contributed by atoms with E-state index in [1.54, 1.807) is 12.3 Å². The molecular weight excluding hydrogens is 262 g/mol. The van der Waals surface area contributed by atoms with Gasteiger partial charge in [-0.3, -0.25) is 4.98 Å². The van der Waals surface area contributed by atoms with Crippen LogP contribution < -0.4 is 10.6 Å². The van der Waals surface area contributed by atoms with Crippen LogP contribution >= 0.6 is 0 Å². The first-order valence-corrected chi connectivity index (χ1v) is 6.71. The molecular formula is C17H15N3O. The number of rotatable bonds is 2. The van der Waals surface area contributed by atoms with E-state index in [-0.39, 0.29) is 6.03 Å². The second-order valence-corrected chi connectivity index (χ2v) is 4.77. The van der Waals surface area contributed by atoms with Gasteiger partial charge in [0.05, 0.1) is 11.2 Å². The van der Waals surface area contributed by atoms with E-state index < -0.39 is 0 Å². The zero-order chi connectivity index (χ0) is 14.7. The number of carbonyl (C=O) groups is 1. The Morgan fingerprint density at radius 2 is 1.62 bits per heavy atom. The number of aromatic nitrogens is 1. The van der Waals surface area contributed by atoms with Crippen molar-refractivity contribution in [1.29, 1.82) is 0 Å². The first kappa shape index (κ1) is 13.1. The van der Waals surface area contributed by atoms with Gasteiger partial charge in [-0.15, -0.1) is 0 Å². The summed E-state index contributed by atoms with van der Waals surface area (Å²) in [5.41, 5.74) is 3.42. The molecule has 3 aromatic rings. The minimum absolute atomic E-state index is 0.263. The molecule has 0 fully saturated rings. The van der Waals surface area contributed by atoms with Crippen LogP contribution in [0, 0.1) is 6.92 Å². The highest BCUT2D eigenvalue weighted by Gasteiger charge is 2.07. The van der Waals surface area contributed by atoms with Crippen LogP contribution in [0.1, 0.15) is 5.56 Å². The van der Waals surface area contributed by atoms with E-state index in [4.69, 9.17) is 0 Å². The number of amides is 2. The van der Waals surface area contributed by atoms with Gasteiger partial charge in [-0.1, -0.05) is 36.4 Å². The third-order valence-corrected chi connectivity index (χ3v) is 3.29. The number of anilines is 2. The Morgan fingerprint density at radius 3 is 2.48 bits per heavy atom. The lowest BCUT2D eigenvalue weighted by molar-refractivity contribution is 0.262. The molecule has 0 saturated carbocycles. The lowest BCUT2D eigenvalue weighted by Gasteiger charge is -2.11. The maximum absolute atomic E-state index is 12.1. The lowest BCUT2D eigenvalue weighted by Crippen LogP contribution is -2.20. The van der Waals surface area contributed by atoms with Gasteiger partial charge >= 0.3 is 6.03 Å². The molecule has 2 aromatic carbocycles. The molecule has 0 aliphatic carbocycles. The molecule has 0 saturated heterocycles. The molecule has 0 bridgehead atoms. The Hall–Kier alpha value is -2.88. The van der Waals surface area contributed by atoms with E-state index in [1.807, 2.05) is 55.5 Å². The molecule has 104 valence electrons. The van der Waals surface area contributed by atoms with Gasteiger partial charge in [-0.25, -0.2) is 4.79 Å². The number of benzene rings is 2. The zero-order valence-corrected chi connectivity index (χ0v) is 11.6. The number of carbonyl (C=O) groups excluding carboxylic acids is 1. The van der Waals surface area contributed by atoms with E-state index in [0.29, 0.717) is 0 Å². The van der Waals surface area contributed by atoms with Crippen LogP contribution in [0.2, 0.25) is 0 Å². The van der Waals surface area contributed by atoms with Crippen molar-refractivity contribution in [2.24, 2.45) is 0 Å². The quantitative estimate of drug-likeness (QED) is 0.738. The summed E-state index contributed by atoms with van der Waals surface area (Å²) in [5.74, 6) is 0. The summed E-state index contributed by atoms with van der Waals surface area (Å²) >= 11 is 0. The van der Waals surface area contributed by atoms with Gasteiger partial charge in [0.15, 0.2) is 0 Å². The predicted molar refractivity (Wildman–Crippen MR) is 85.6 cm³/mol. The Morgan fingerprint density at radius 1 is 0.905 bits per heavy atom. The number of urea groups is 1.